The van der Waals surface area contributed by atoms with Crippen LogP contribution in [0.5, 0.6) is 0 Å². The molecule has 0 aliphatic carbocycles. The van der Waals surface area contributed by atoms with Gasteiger partial charge in [0.05, 0.1) is 4.34 Å². The number of benzene rings is 2. The fourth-order valence-corrected chi connectivity index (χ4v) is 6.28. The van der Waals surface area contributed by atoms with Gasteiger partial charge in [0, 0.05) is 35.5 Å². The molecule has 0 radical (unpaired) electrons. The average molecular weight is 501 g/mol. The molecule has 1 aliphatic heterocycles. The topological polar surface area (TPSA) is 109 Å². The SMILES string of the molecule is O=C(Nc1ccc(-n2c3c(c4ccccc4c2=O)CNC3)cc1)NS(=O)(=O)c1ccc(Cl)s1. The van der Waals surface area contributed by atoms with Crippen molar-refractivity contribution >= 4 is 55.5 Å². The molecule has 4 aromatic rings. The Labute approximate surface area is 197 Å². The van der Waals surface area contributed by atoms with Gasteiger partial charge in [-0.15, -0.1) is 11.3 Å². The number of anilines is 1. The van der Waals surface area contributed by atoms with Gasteiger partial charge < -0.3 is 10.6 Å². The maximum atomic E-state index is 13.2. The van der Waals surface area contributed by atoms with Gasteiger partial charge in [0.1, 0.15) is 4.21 Å². The number of amides is 2. The number of rotatable bonds is 4. The van der Waals surface area contributed by atoms with E-state index in [4.69, 9.17) is 11.6 Å². The van der Waals surface area contributed by atoms with Gasteiger partial charge in [-0.2, -0.15) is 0 Å². The number of fused-ring (bicyclic) bond motifs is 3. The Morgan fingerprint density at radius 2 is 1.73 bits per heavy atom. The van der Waals surface area contributed by atoms with E-state index in [1.54, 1.807) is 28.8 Å². The van der Waals surface area contributed by atoms with E-state index in [-0.39, 0.29) is 9.77 Å². The summed E-state index contributed by atoms with van der Waals surface area (Å²) >= 11 is 6.63. The van der Waals surface area contributed by atoms with Crippen molar-refractivity contribution in [2.75, 3.05) is 5.32 Å². The lowest BCUT2D eigenvalue weighted by molar-refractivity contribution is 0.256. The second-order valence-electron chi connectivity index (χ2n) is 7.38. The first-order valence-corrected chi connectivity index (χ1v) is 12.6. The zero-order chi connectivity index (χ0) is 23.2. The largest absolute Gasteiger partial charge is 0.333 e. The number of sulfonamides is 1. The first-order chi connectivity index (χ1) is 15.8. The third kappa shape index (κ3) is 4.02. The highest BCUT2D eigenvalue weighted by molar-refractivity contribution is 7.92. The highest BCUT2D eigenvalue weighted by Crippen LogP contribution is 2.27. The highest BCUT2D eigenvalue weighted by atomic mass is 35.5. The number of nitrogens with one attached hydrogen (secondary N) is 3. The molecule has 2 aromatic carbocycles. The monoisotopic (exact) mass is 500 g/mol. The first kappa shape index (κ1) is 21.7. The number of urea groups is 1. The van der Waals surface area contributed by atoms with Gasteiger partial charge in [0.2, 0.25) is 0 Å². The van der Waals surface area contributed by atoms with Crippen LogP contribution in [0.4, 0.5) is 10.5 Å². The van der Waals surface area contributed by atoms with Crippen LogP contribution in [0.3, 0.4) is 0 Å². The zero-order valence-electron chi connectivity index (χ0n) is 17.0. The summed E-state index contributed by atoms with van der Waals surface area (Å²) in [6.45, 7) is 1.25. The summed E-state index contributed by atoms with van der Waals surface area (Å²) in [6, 6.07) is 16.0. The van der Waals surface area contributed by atoms with E-state index in [1.807, 2.05) is 29.0 Å². The van der Waals surface area contributed by atoms with E-state index in [2.05, 4.69) is 10.6 Å². The summed E-state index contributed by atoms with van der Waals surface area (Å²) in [7, 11) is -4.02. The number of nitrogens with zero attached hydrogens (tertiary/aromatic N) is 1. The number of aromatic nitrogens is 1. The molecule has 168 valence electrons. The molecule has 3 N–H and O–H groups in total. The van der Waals surface area contributed by atoms with Crippen LogP contribution in [0.1, 0.15) is 11.3 Å². The minimum atomic E-state index is -4.02. The van der Waals surface area contributed by atoms with E-state index in [9.17, 15) is 18.0 Å². The lowest BCUT2D eigenvalue weighted by atomic mass is 10.0. The van der Waals surface area contributed by atoms with Crippen molar-refractivity contribution in [1.82, 2.24) is 14.6 Å². The van der Waals surface area contributed by atoms with Gasteiger partial charge in [-0.25, -0.2) is 17.9 Å². The smallest absolute Gasteiger partial charge is 0.307 e. The highest BCUT2D eigenvalue weighted by Gasteiger charge is 2.22. The minimum Gasteiger partial charge on any atom is -0.307 e. The Bertz CT molecular complexity index is 1560. The maximum absolute atomic E-state index is 13.2. The standard InChI is InChI=1S/C22H17ClN4O4S2/c23-19-9-10-20(32-19)33(30,31)26-22(29)25-13-5-7-14(8-6-13)27-18-12-24-11-17(18)15-3-1-2-4-16(15)21(27)28/h1-10,24H,11-12H2,(H2,25,26,29). The molecule has 0 atom stereocenters. The summed E-state index contributed by atoms with van der Waals surface area (Å²) in [5.41, 5.74) is 2.90. The van der Waals surface area contributed by atoms with Gasteiger partial charge in [-0.1, -0.05) is 29.8 Å². The molecule has 2 amide bonds. The zero-order valence-corrected chi connectivity index (χ0v) is 19.4. The van der Waals surface area contributed by atoms with Crippen LogP contribution < -0.4 is 20.9 Å². The second-order valence-corrected chi connectivity index (χ2v) is 11.0. The summed E-state index contributed by atoms with van der Waals surface area (Å²) in [4.78, 5) is 25.4. The van der Waals surface area contributed by atoms with Crippen LogP contribution in [-0.2, 0) is 23.1 Å². The minimum absolute atomic E-state index is 0.0591. The lowest BCUT2D eigenvalue weighted by Gasteiger charge is -2.15. The van der Waals surface area contributed by atoms with Crippen molar-refractivity contribution in [1.29, 1.82) is 0 Å². The number of thiophene rings is 1. The average Bonchev–Trinajstić information content (AvgIpc) is 3.44. The molecule has 11 heteroatoms. The molecule has 3 heterocycles. The number of carbonyl (C=O) groups excluding carboxylic acids is 1. The molecule has 2 aromatic heterocycles. The molecular formula is C22H17ClN4O4S2. The third-order valence-corrected chi connectivity index (χ3v) is 8.38. The van der Waals surface area contributed by atoms with Crippen molar-refractivity contribution in [2.24, 2.45) is 0 Å². The van der Waals surface area contributed by atoms with Gasteiger partial charge in [-0.3, -0.25) is 9.36 Å². The molecule has 5 rings (SSSR count). The van der Waals surface area contributed by atoms with Crippen LogP contribution in [0.15, 0.2) is 69.7 Å². The normalized spacial score (nSPS) is 13.1. The van der Waals surface area contributed by atoms with Crippen LogP contribution in [0, 0.1) is 0 Å². The van der Waals surface area contributed by atoms with Crippen LogP contribution >= 0.6 is 22.9 Å². The molecular weight excluding hydrogens is 484 g/mol. The predicted molar refractivity (Wildman–Crippen MR) is 129 cm³/mol. The Kier molecular flexibility index (Phi) is 5.45. The van der Waals surface area contributed by atoms with E-state index in [0.29, 0.717) is 34.2 Å². The lowest BCUT2D eigenvalue weighted by Crippen LogP contribution is -2.33. The van der Waals surface area contributed by atoms with Crippen LogP contribution in [0.2, 0.25) is 4.34 Å². The maximum Gasteiger partial charge on any atom is 0.333 e. The van der Waals surface area contributed by atoms with Crippen LogP contribution in [0.25, 0.3) is 16.5 Å². The summed E-state index contributed by atoms with van der Waals surface area (Å²) in [6.07, 6.45) is 0. The molecule has 8 nitrogen and oxygen atoms in total. The molecule has 0 bridgehead atoms. The van der Waals surface area contributed by atoms with Crippen molar-refractivity contribution < 1.29 is 13.2 Å². The molecule has 0 spiro atoms. The molecule has 0 saturated carbocycles. The number of pyridine rings is 1. The van der Waals surface area contributed by atoms with Crippen molar-refractivity contribution in [3.8, 4) is 5.69 Å². The van der Waals surface area contributed by atoms with E-state index >= 15 is 0 Å². The fourth-order valence-electron chi connectivity index (χ4n) is 3.89. The molecule has 33 heavy (non-hydrogen) atoms. The van der Waals surface area contributed by atoms with Crippen molar-refractivity contribution in [3.63, 3.8) is 0 Å². The quantitative estimate of drug-likeness (QED) is 0.394. The Hall–Kier alpha value is -3.18. The second kappa shape index (κ2) is 8.31. The molecule has 0 fully saturated rings. The Morgan fingerprint density at radius 3 is 2.42 bits per heavy atom. The van der Waals surface area contributed by atoms with E-state index in [1.165, 1.54) is 12.1 Å². The fraction of sp³-hybridized carbons (Fsp3) is 0.0909. The van der Waals surface area contributed by atoms with Gasteiger partial charge in [-0.05, 0) is 53.4 Å². The van der Waals surface area contributed by atoms with E-state index < -0.39 is 16.1 Å². The number of hydrogen-bond donors (Lipinski definition) is 3. The van der Waals surface area contributed by atoms with Gasteiger partial charge in [0.25, 0.3) is 15.6 Å². The summed E-state index contributed by atoms with van der Waals surface area (Å²) in [5, 5.41) is 7.38. The van der Waals surface area contributed by atoms with Crippen LogP contribution in [-0.4, -0.2) is 19.0 Å². The number of carbonyl (C=O) groups is 1. The predicted octanol–water partition coefficient (Wildman–Crippen LogP) is 3.82. The summed E-state index contributed by atoms with van der Waals surface area (Å²) in [5.74, 6) is 0. The van der Waals surface area contributed by atoms with E-state index in [0.717, 1.165) is 28.0 Å². The van der Waals surface area contributed by atoms with Gasteiger partial charge >= 0.3 is 6.03 Å². The molecule has 0 saturated heterocycles. The van der Waals surface area contributed by atoms with Crippen molar-refractivity contribution in [3.05, 3.63) is 86.6 Å². The Morgan fingerprint density at radius 1 is 1.00 bits per heavy atom. The number of halogens is 1. The van der Waals surface area contributed by atoms with Crippen molar-refractivity contribution in [2.45, 2.75) is 17.3 Å². The molecule has 0 unspecified atom stereocenters. The number of hydrogen-bond acceptors (Lipinski definition) is 6. The third-order valence-electron chi connectivity index (χ3n) is 5.32. The molecule has 1 aliphatic rings. The first-order valence-electron chi connectivity index (χ1n) is 9.89. The Balaban J connectivity index is 1.41. The van der Waals surface area contributed by atoms with Gasteiger partial charge in [0.15, 0.2) is 0 Å². The summed E-state index contributed by atoms with van der Waals surface area (Å²) < 4.78 is 28.4.